The number of hydrogen-bond acceptors (Lipinski definition) is 5. The Kier molecular flexibility index (Phi) is 5.94. The topological polar surface area (TPSA) is 60.5 Å². The SMILES string of the molecule is C=CCOc1ccc(/C=C/c2ncc(C(=O)NC)s2)cc1OC. The van der Waals surface area contributed by atoms with E-state index in [0.717, 1.165) is 10.6 Å². The van der Waals surface area contributed by atoms with Crippen molar-refractivity contribution in [2.45, 2.75) is 0 Å². The van der Waals surface area contributed by atoms with E-state index in [1.807, 2.05) is 30.4 Å². The zero-order valence-corrected chi connectivity index (χ0v) is 13.9. The van der Waals surface area contributed by atoms with Gasteiger partial charge < -0.3 is 14.8 Å². The first-order valence-corrected chi connectivity index (χ1v) is 7.77. The highest BCUT2D eigenvalue weighted by molar-refractivity contribution is 7.14. The Morgan fingerprint density at radius 1 is 1.39 bits per heavy atom. The third-order valence-electron chi connectivity index (χ3n) is 2.94. The van der Waals surface area contributed by atoms with Crippen molar-refractivity contribution in [3.05, 3.63) is 52.5 Å². The summed E-state index contributed by atoms with van der Waals surface area (Å²) in [5.41, 5.74) is 0.949. The van der Waals surface area contributed by atoms with E-state index in [4.69, 9.17) is 9.47 Å². The lowest BCUT2D eigenvalue weighted by Crippen LogP contribution is -2.16. The van der Waals surface area contributed by atoms with Crippen LogP contribution in [0.5, 0.6) is 11.5 Å². The van der Waals surface area contributed by atoms with Crippen molar-refractivity contribution in [3.63, 3.8) is 0 Å². The monoisotopic (exact) mass is 330 g/mol. The molecule has 0 unspecified atom stereocenters. The van der Waals surface area contributed by atoms with E-state index in [1.54, 1.807) is 26.4 Å². The van der Waals surface area contributed by atoms with Crippen molar-refractivity contribution in [1.29, 1.82) is 0 Å². The van der Waals surface area contributed by atoms with Crippen LogP contribution in [0.15, 0.2) is 37.1 Å². The Morgan fingerprint density at radius 3 is 2.91 bits per heavy atom. The Balaban J connectivity index is 2.14. The molecule has 2 rings (SSSR count). The Labute approximate surface area is 139 Å². The highest BCUT2D eigenvalue weighted by atomic mass is 32.1. The number of carbonyl (C=O) groups is 1. The predicted octanol–water partition coefficient (Wildman–Crippen LogP) is 3.25. The fraction of sp³-hybridized carbons (Fsp3) is 0.176. The maximum Gasteiger partial charge on any atom is 0.262 e. The van der Waals surface area contributed by atoms with Gasteiger partial charge in [0, 0.05) is 7.05 Å². The molecular formula is C17H18N2O3S. The summed E-state index contributed by atoms with van der Waals surface area (Å²) in [6, 6.07) is 5.65. The van der Waals surface area contributed by atoms with E-state index in [1.165, 1.54) is 11.3 Å². The molecule has 0 aliphatic rings. The first-order chi connectivity index (χ1) is 11.2. The van der Waals surface area contributed by atoms with Crippen LogP contribution in [0.2, 0.25) is 0 Å². The van der Waals surface area contributed by atoms with E-state index in [2.05, 4.69) is 16.9 Å². The van der Waals surface area contributed by atoms with Crippen LogP contribution in [0.25, 0.3) is 12.2 Å². The molecule has 0 fully saturated rings. The number of methoxy groups -OCH3 is 1. The number of amides is 1. The molecule has 0 saturated heterocycles. The molecule has 0 aliphatic heterocycles. The van der Waals surface area contributed by atoms with Crippen LogP contribution in [0.3, 0.4) is 0 Å². The molecule has 2 aromatic rings. The van der Waals surface area contributed by atoms with Crippen LogP contribution < -0.4 is 14.8 Å². The summed E-state index contributed by atoms with van der Waals surface area (Å²) in [7, 11) is 3.19. The number of hydrogen-bond donors (Lipinski definition) is 1. The van der Waals surface area contributed by atoms with E-state index < -0.39 is 0 Å². The van der Waals surface area contributed by atoms with Gasteiger partial charge in [0.15, 0.2) is 11.5 Å². The average molecular weight is 330 g/mol. The summed E-state index contributed by atoms with van der Waals surface area (Å²) in [6.07, 6.45) is 7.01. The minimum absolute atomic E-state index is 0.132. The zero-order chi connectivity index (χ0) is 16.7. The summed E-state index contributed by atoms with van der Waals surface area (Å²) < 4.78 is 10.8. The highest BCUT2D eigenvalue weighted by Crippen LogP contribution is 2.29. The van der Waals surface area contributed by atoms with Gasteiger partial charge in [-0.15, -0.1) is 11.3 Å². The molecule has 1 aromatic carbocycles. The Hall–Kier alpha value is -2.60. The number of nitrogens with one attached hydrogen (secondary N) is 1. The second kappa shape index (κ2) is 8.14. The molecule has 120 valence electrons. The van der Waals surface area contributed by atoms with Gasteiger partial charge in [0.1, 0.15) is 16.5 Å². The fourth-order valence-corrected chi connectivity index (χ4v) is 2.58. The Morgan fingerprint density at radius 2 is 2.22 bits per heavy atom. The molecule has 0 atom stereocenters. The maximum absolute atomic E-state index is 11.5. The minimum Gasteiger partial charge on any atom is -0.493 e. The lowest BCUT2D eigenvalue weighted by molar-refractivity contribution is 0.0967. The van der Waals surface area contributed by atoms with Crippen LogP contribution in [0, 0.1) is 0 Å². The molecule has 1 amide bonds. The number of ether oxygens (including phenoxy) is 2. The summed E-state index contributed by atoms with van der Waals surface area (Å²) in [6.45, 7) is 4.04. The summed E-state index contributed by atoms with van der Waals surface area (Å²) in [4.78, 5) is 16.3. The van der Waals surface area contributed by atoms with Crippen molar-refractivity contribution >= 4 is 29.4 Å². The number of thiazole rings is 1. The molecule has 0 bridgehead atoms. The van der Waals surface area contributed by atoms with Crippen molar-refractivity contribution < 1.29 is 14.3 Å². The largest absolute Gasteiger partial charge is 0.493 e. The van der Waals surface area contributed by atoms with Gasteiger partial charge in [-0.1, -0.05) is 24.8 Å². The number of rotatable bonds is 7. The standard InChI is InChI=1S/C17H18N2O3S/c1-4-9-22-13-7-5-12(10-14(13)21-3)6-8-16-19-11-15(23-16)17(20)18-2/h4-8,10-11H,1,9H2,2-3H3,(H,18,20)/b8-6+. The van der Waals surface area contributed by atoms with Gasteiger partial charge in [0.25, 0.3) is 5.91 Å². The first-order valence-electron chi connectivity index (χ1n) is 6.95. The lowest BCUT2D eigenvalue weighted by atomic mass is 10.2. The summed E-state index contributed by atoms with van der Waals surface area (Å²) in [5, 5.41) is 3.34. The maximum atomic E-state index is 11.5. The van der Waals surface area contributed by atoms with Gasteiger partial charge >= 0.3 is 0 Å². The molecule has 0 aliphatic carbocycles. The van der Waals surface area contributed by atoms with Gasteiger partial charge in [-0.2, -0.15) is 0 Å². The molecule has 0 spiro atoms. The number of carbonyl (C=O) groups excluding carboxylic acids is 1. The van der Waals surface area contributed by atoms with Crippen molar-refractivity contribution in [2.24, 2.45) is 0 Å². The second-order valence-corrected chi connectivity index (χ2v) is 5.55. The van der Waals surface area contributed by atoms with E-state index in [0.29, 0.717) is 23.0 Å². The molecule has 6 heteroatoms. The highest BCUT2D eigenvalue weighted by Gasteiger charge is 2.07. The van der Waals surface area contributed by atoms with Crippen LogP contribution in [0.4, 0.5) is 0 Å². The average Bonchev–Trinajstić information content (AvgIpc) is 3.06. The molecule has 0 saturated carbocycles. The quantitative estimate of drug-likeness (QED) is 0.792. The normalized spacial score (nSPS) is 10.5. The zero-order valence-electron chi connectivity index (χ0n) is 13.0. The number of benzene rings is 1. The van der Waals surface area contributed by atoms with Gasteiger partial charge in [0.05, 0.1) is 13.3 Å². The van der Waals surface area contributed by atoms with Crippen molar-refractivity contribution in [2.75, 3.05) is 20.8 Å². The number of aromatic nitrogens is 1. The van der Waals surface area contributed by atoms with E-state index in [-0.39, 0.29) is 5.91 Å². The number of nitrogens with zero attached hydrogens (tertiary/aromatic N) is 1. The van der Waals surface area contributed by atoms with Gasteiger partial charge in [-0.3, -0.25) is 4.79 Å². The molecule has 23 heavy (non-hydrogen) atoms. The summed E-state index contributed by atoms with van der Waals surface area (Å²) >= 11 is 1.33. The smallest absolute Gasteiger partial charge is 0.262 e. The summed E-state index contributed by atoms with van der Waals surface area (Å²) in [5.74, 6) is 1.19. The van der Waals surface area contributed by atoms with Crippen molar-refractivity contribution in [1.82, 2.24) is 10.3 Å². The Bertz CT molecular complexity index is 722. The predicted molar refractivity (Wildman–Crippen MR) is 93.1 cm³/mol. The lowest BCUT2D eigenvalue weighted by Gasteiger charge is -2.09. The third-order valence-corrected chi connectivity index (χ3v) is 3.90. The fourth-order valence-electron chi connectivity index (χ4n) is 1.82. The van der Waals surface area contributed by atoms with Crippen molar-refractivity contribution in [3.8, 4) is 11.5 Å². The van der Waals surface area contributed by atoms with E-state index in [9.17, 15) is 4.79 Å². The third kappa shape index (κ3) is 4.43. The minimum atomic E-state index is -0.132. The van der Waals surface area contributed by atoms with Crippen LogP contribution in [0.1, 0.15) is 20.2 Å². The van der Waals surface area contributed by atoms with Gasteiger partial charge in [-0.25, -0.2) is 4.98 Å². The first kappa shape index (κ1) is 16.8. The van der Waals surface area contributed by atoms with Gasteiger partial charge in [0.2, 0.25) is 0 Å². The van der Waals surface area contributed by atoms with Gasteiger partial charge in [-0.05, 0) is 23.8 Å². The second-order valence-electron chi connectivity index (χ2n) is 4.49. The van der Waals surface area contributed by atoms with Crippen LogP contribution in [-0.4, -0.2) is 31.7 Å². The molecule has 1 aromatic heterocycles. The molecule has 1 N–H and O–H groups in total. The van der Waals surface area contributed by atoms with Crippen LogP contribution in [-0.2, 0) is 0 Å². The molecule has 0 radical (unpaired) electrons. The molecule has 5 nitrogen and oxygen atoms in total. The van der Waals surface area contributed by atoms with Crippen LogP contribution >= 0.6 is 11.3 Å². The van der Waals surface area contributed by atoms with E-state index >= 15 is 0 Å². The molecule has 1 heterocycles. The molecular weight excluding hydrogens is 312 g/mol.